The van der Waals surface area contributed by atoms with Gasteiger partial charge in [-0.05, 0) is 42.8 Å². The van der Waals surface area contributed by atoms with Gasteiger partial charge in [0, 0.05) is 0 Å². The Kier molecular flexibility index (Phi) is 4.07. The number of sulfonamides is 1. The molecule has 2 aromatic rings. The number of nitriles is 1. The highest BCUT2D eigenvalue weighted by Gasteiger charge is 2.17. The van der Waals surface area contributed by atoms with E-state index < -0.39 is 10.0 Å². The van der Waals surface area contributed by atoms with E-state index >= 15 is 0 Å². The summed E-state index contributed by atoms with van der Waals surface area (Å²) < 4.78 is 27.0. The maximum atomic E-state index is 12.3. The number of hydrogen-bond donors (Lipinski definition) is 2. The smallest absolute Gasteiger partial charge is 0.262 e. The summed E-state index contributed by atoms with van der Waals surface area (Å²) in [4.78, 5) is -0.0357. The first-order chi connectivity index (χ1) is 9.83. The molecular weight excluding hydrogens is 310 g/mol. The van der Waals surface area contributed by atoms with E-state index in [9.17, 15) is 8.42 Å². The molecule has 0 aliphatic rings. The lowest BCUT2D eigenvalue weighted by Crippen LogP contribution is -2.14. The summed E-state index contributed by atoms with van der Waals surface area (Å²) in [5, 5.41) is 8.87. The zero-order valence-electron chi connectivity index (χ0n) is 11.1. The van der Waals surface area contributed by atoms with E-state index in [-0.39, 0.29) is 15.5 Å². The number of halogens is 1. The van der Waals surface area contributed by atoms with Crippen molar-refractivity contribution in [2.45, 2.75) is 11.8 Å². The molecule has 0 heterocycles. The van der Waals surface area contributed by atoms with Crippen molar-refractivity contribution in [1.29, 1.82) is 5.26 Å². The fourth-order valence-electron chi connectivity index (χ4n) is 1.73. The minimum atomic E-state index is -3.82. The number of nitrogens with zero attached hydrogens (tertiary/aromatic N) is 1. The lowest BCUT2D eigenvalue weighted by Gasteiger charge is -2.11. The standard InChI is InChI=1S/C14H12ClN3O2S/c1-9-2-5-14(13(17)6-9)18-21(19,20)11-4-3-10(8-16)12(15)7-11/h2-7,18H,17H2,1H3. The van der Waals surface area contributed by atoms with Gasteiger partial charge in [0.25, 0.3) is 10.0 Å². The molecule has 21 heavy (non-hydrogen) atoms. The molecule has 0 aromatic heterocycles. The summed E-state index contributed by atoms with van der Waals surface area (Å²) in [6.07, 6.45) is 0. The fourth-order valence-corrected chi connectivity index (χ4v) is 3.13. The van der Waals surface area contributed by atoms with Gasteiger partial charge in [-0.15, -0.1) is 0 Å². The summed E-state index contributed by atoms with van der Waals surface area (Å²) in [5.41, 5.74) is 7.55. The van der Waals surface area contributed by atoms with E-state index in [1.807, 2.05) is 13.0 Å². The van der Waals surface area contributed by atoms with Crippen molar-refractivity contribution in [3.8, 4) is 6.07 Å². The molecule has 0 amide bonds. The van der Waals surface area contributed by atoms with Gasteiger partial charge in [0.2, 0.25) is 0 Å². The van der Waals surface area contributed by atoms with Crippen molar-refractivity contribution in [3.05, 3.63) is 52.5 Å². The highest BCUT2D eigenvalue weighted by Crippen LogP contribution is 2.25. The Hall–Kier alpha value is -2.23. The van der Waals surface area contributed by atoms with Crippen LogP contribution < -0.4 is 10.5 Å². The van der Waals surface area contributed by atoms with Crippen LogP contribution in [0.2, 0.25) is 5.02 Å². The van der Waals surface area contributed by atoms with E-state index in [1.54, 1.807) is 18.2 Å². The number of anilines is 2. The number of nitrogens with two attached hydrogens (primary N) is 1. The molecule has 0 atom stereocenters. The number of hydrogen-bond acceptors (Lipinski definition) is 4. The van der Waals surface area contributed by atoms with Crippen LogP contribution in [0.15, 0.2) is 41.3 Å². The minimum absolute atomic E-state index is 0.0357. The van der Waals surface area contributed by atoms with Crippen molar-refractivity contribution < 1.29 is 8.42 Å². The van der Waals surface area contributed by atoms with Gasteiger partial charge in [-0.2, -0.15) is 5.26 Å². The van der Waals surface area contributed by atoms with E-state index in [0.717, 1.165) is 5.56 Å². The van der Waals surface area contributed by atoms with Crippen LogP contribution in [-0.4, -0.2) is 8.42 Å². The molecule has 0 aliphatic carbocycles. The highest BCUT2D eigenvalue weighted by atomic mass is 35.5. The van der Waals surface area contributed by atoms with Gasteiger partial charge in [-0.25, -0.2) is 8.42 Å². The maximum Gasteiger partial charge on any atom is 0.262 e. The van der Waals surface area contributed by atoms with Crippen LogP contribution in [0, 0.1) is 18.3 Å². The molecule has 0 saturated heterocycles. The molecule has 2 rings (SSSR count). The first-order valence-electron chi connectivity index (χ1n) is 5.92. The van der Waals surface area contributed by atoms with Crippen LogP contribution in [0.1, 0.15) is 11.1 Å². The molecule has 0 aliphatic heterocycles. The quantitative estimate of drug-likeness (QED) is 0.849. The summed E-state index contributed by atoms with van der Waals surface area (Å²) >= 11 is 5.85. The van der Waals surface area contributed by atoms with E-state index in [0.29, 0.717) is 11.4 Å². The summed E-state index contributed by atoms with van der Waals surface area (Å²) in [6.45, 7) is 1.86. The number of nitrogen functional groups attached to an aromatic ring is 1. The monoisotopic (exact) mass is 321 g/mol. The minimum Gasteiger partial charge on any atom is -0.397 e. The first kappa shape index (κ1) is 15.2. The zero-order valence-corrected chi connectivity index (χ0v) is 12.7. The number of nitrogens with one attached hydrogen (secondary N) is 1. The first-order valence-corrected chi connectivity index (χ1v) is 7.78. The van der Waals surface area contributed by atoms with Gasteiger partial charge in [-0.1, -0.05) is 17.7 Å². The van der Waals surface area contributed by atoms with Crippen LogP contribution >= 0.6 is 11.6 Å². The van der Waals surface area contributed by atoms with Gasteiger partial charge >= 0.3 is 0 Å². The highest BCUT2D eigenvalue weighted by molar-refractivity contribution is 7.92. The van der Waals surface area contributed by atoms with Crippen LogP contribution in [-0.2, 0) is 10.0 Å². The number of rotatable bonds is 3. The maximum absolute atomic E-state index is 12.3. The van der Waals surface area contributed by atoms with Crippen LogP contribution in [0.3, 0.4) is 0 Å². The van der Waals surface area contributed by atoms with Crippen LogP contribution in [0.25, 0.3) is 0 Å². The molecule has 0 radical (unpaired) electrons. The SMILES string of the molecule is Cc1ccc(NS(=O)(=O)c2ccc(C#N)c(Cl)c2)c(N)c1. The molecule has 0 bridgehead atoms. The molecule has 0 unspecified atom stereocenters. The van der Waals surface area contributed by atoms with Gasteiger partial charge in [0.05, 0.1) is 26.9 Å². The molecule has 3 N–H and O–H groups in total. The number of aryl methyl sites for hydroxylation is 1. The largest absolute Gasteiger partial charge is 0.397 e. The Bertz CT molecular complexity index is 842. The third kappa shape index (κ3) is 3.27. The summed E-state index contributed by atoms with van der Waals surface area (Å²) in [5.74, 6) is 0. The zero-order chi connectivity index (χ0) is 15.6. The summed E-state index contributed by atoms with van der Waals surface area (Å²) in [6, 6.07) is 10.8. The molecular formula is C14H12ClN3O2S. The second-order valence-corrected chi connectivity index (χ2v) is 6.54. The van der Waals surface area contributed by atoms with Crippen LogP contribution in [0.4, 0.5) is 11.4 Å². The predicted octanol–water partition coefficient (Wildman–Crippen LogP) is 2.90. The molecule has 7 heteroatoms. The van der Waals surface area contributed by atoms with Gasteiger partial charge < -0.3 is 5.73 Å². The second-order valence-electron chi connectivity index (χ2n) is 4.45. The predicted molar refractivity (Wildman–Crippen MR) is 82.6 cm³/mol. The Balaban J connectivity index is 2.39. The van der Waals surface area contributed by atoms with Gasteiger partial charge in [-0.3, -0.25) is 4.72 Å². The lowest BCUT2D eigenvalue weighted by molar-refractivity contribution is 0.601. The van der Waals surface area contributed by atoms with E-state index in [2.05, 4.69) is 4.72 Å². The Morgan fingerprint density at radius 1 is 1.24 bits per heavy atom. The Labute approximate surface area is 128 Å². The van der Waals surface area contributed by atoms with Gasteiger partial charge in [0.15, 0.2) is 0 Å². The van der Waals surface area contributed by atoms with E-state index in [4.69, 9.17) is 22.6 Å². The van der Waals surface area contributed by atoms with Crippen LogP contribution in [0.5, 0.6) is 0 Å². The third-order valence-electron chi connectivity index (χ3n) is 2.82. The Morgan fingerprint density at radius 3 is 2.52 bits per heavy atom. The molecule has 108 valence electrons. The van der Waals surface area contributed by atoms with Crippen molar-refractivity contribution in [3.63, 3.8) is 0 Å². The summed E-state index contributed by atoms with van der Waals surface area (Å²) in [7, 11) is -3.82. The average molecular weight is 322 g/mol. The third-order valence-corrected chi connectivity index (χ3v) is 4.50. The average Bonchev–Trinajstić information content (AvgIpc) is 2.42. The number of benzene rings is 2. The van der Waals surface area contributed by atoms with Crippen molar-refractivity contribution in [2.75, 3.05) is 10.5 Å². The van der Waals surface area contributed by atoms with Crippen molar-refractivity contribution in [2.24, 2.45) is 0 Å². The second kappa shape index (κ2) is 5.64. The van der Waals surface area contributed by atoms with Crippen molar-refractivity contribution >= 4 is 33.0 Å². The normalized spacial score (nSPS) is 10.9. The molecule has 2 aromatic carbocycles. The molecule has 0 spiro atoms. The molecule has 5 nitrogen and oxygen atoms in total. The van der Waals surface area contributed by atoms with Gasteiger partial charge in [0.1, 0.15) is 6.07 Å². The topological polar surface area (TPSA) is 96.0 Å². The Morgan fingerprint density at radius 2 is 1.95 bits per heavy atom. The molecule has 0 fully saturated rings. The van der Waals surface area contributed by atoms with E-state index in [1.165, 1.54) is 18.2 Å². The molecule has 0 saturated carbocycles. The lowest BCUT2D eigenvalue weighted by atomic mass is 10.2. The fraction of sp³-hybridized carbons (Fsp3) is 0.0714. The van der Waals surface area contributed by atoms with Crippen molar-refractivity contribution in [1.82, 2.24) is 0 Å².